The quantitative estimate of drug-likeness (QED) is 0.592. The molecule has 104 valence electrons. The fraction of sp³-hybridized carbons (Fsp3) is 1.00. The van der Waals surface area contributed by atoms with Crippen LogP contribution in [0.25, 0.3) is 5.32 Å². The molecule has 2 heterocycles. The van der Waals surface area contributed by atoms with Crippen LogP contribution in [0.4, 0.5) is 0 Å². The Labute approximate surface area is 134 Å². The Balaban J connectivity index is 0.00000162. The van der Waals surface area contributed by atoms with Crippen LogP contribution in [0.5, 0.6) is 0 Å². The average Bonchev–Trinajstić information content (AvgIpc) is 2.24. The van der Waals surface area contributed by atoms with E-state index in [2.05, 4.69) is 19.2 Å². The second-order valence-electron chi connectivity index (χ2n) is 5.68. The van der Waals surface area contributed by atoms with Gasteiger partial charge in [0.2, 0.25) is 0 Å². The number of ether oxygens (including phenoxy) is 1. The molecule has 0 atom stereocenters. The molecule has 2 saturated heterocycles. The summed E-state index contributed by atoms with van der Waals surface area (Å²) in [4.78, 5) is 0. The molecular weight excluding hydrogens is 476 g/mol. The number of hydrogen-bond acceptors (Lipinski definition) is 3. The molecule has 0 unspecified atom stereocenters. The van der Waals surface area contributed by atoms with Gasteiger partial charge in [0.05, 0.1) is 11.0 Å². The molecule has 18 heavy (non-hydrogen) atoms. The van der Waals surface area contributed by atoms with Crippen LogP contribution < -0.4 is 0 Å². The van der Waals surface area contributed by atoms with E-state index in [1.807, 2.05) is 0 Å². The molecule has 0 bridgehead atoms. The van der Waals surface area contributed by atoms with Crippen LogP contribution in [0, 0.1) is 42.4 Å². The topological polar surface area (TPSA) is 57.5 Å². The molecule has 2 aliphatic rings. The van der Waals surface area contributed by atoms with Crippen molar-refractivity contribution in [3.05, 3.63) is 5.32 Å². The van der Waals surface area contributed by atoms with Gasteiger partial charge in [-0.25, -0.2) is 8.42 Å². The van der Waals surface area contributed by atoms with E-state index < -0.39 is 9.84 Å². The largest absolute Gasteiger partial charge is 0.661 e. The van der Waals surface area contributed by atoms with Crippen molar-refractivity contribution in [2.24, 2.45) is 11.3 Å². The molecule has 2 rings (SSSR count). The van der Waals surface area contributed by atoms with Crippen LogP contribution in [0.1, 0.15) is 26.7 Å². The van der Waals surface area contributed by atoms with Crippen LogP contribution >= 0.6 is 0 Å². The summed E-state index contributed by atoms with van der Waals surface area (Å²) in [5.74, 6) is 0.695. The van der Waals surface area contributed by atoms with Gasteiger partial charge in [-0.1, -0.05) is 19.3 Å². The minimum atomic E-state index is -2.99. The second-order valence-corrected chi connectivity index (χ2v) is 7.96. The maximum absolute atomic E-state index is 12.4. The zero-order valence-electron chi connectivity index (χ0n) is 11.2. The summed E-state index contributed by atoms with van der Waals surface area (Å²) in [7, 11) is -2.99. The summed E-state index contributed by atoms with van der Waals surface area (Å²) in [6.45, 7) is 6.81. The third kappa shape index (κ3) is 3.52. The Morgan fingerprint density at radius 2 is 1.83 bits per heavy atom. The number of hydrogen-bond donors (Lipinski definition) is 0. The maximum atomic E-state index is 12.4. The van der Waals surface area contributed by atoms with Crippen molar-refractivity contribution < 1.29 is 44.3 Å². The summed E-state index contributed by atoms with van der Waals surface area (Å²) in [5, 5.41) is 4.04. The first kappa shape index (κ1) is 17.0. The van der Waals surface area contributed by atoms with E-state index in [-0.39, 0.29) is 41.8 Å². The van der Waals surface area contributed by atoms with Gasteiger partial charge < -0.3 is 10.1 Å². The monoisotopic (exact) mass is 498 g/mol. The van der Waals surface area contributed by atoms with Gasteiger partial charge in [-0.15, -0.1) is 13.1 Å². The molecule has 0 saturated carbocycles. The van der Waals surface area contributed by atoms with E-state index >= 15 is 0 Å². The smallest absolute Gasteiger partial charge is 0.153 e. The van der Waals surface area contributed by atoms with Crippen LogP contribution in [0.3, 0.4) is 0 Å². The van der Waals surface area contributed by atoms with Crippen LogP contribution in [0.2, 0.25) is 0 Å². The van der Waals surface area contributed by atoms with Crippen molar-refractivity contribution in [2.45, 2.75) is 31.9 Å². The molecule has 0 aromatic heterocycles. The molecule has 6 heteroatoms. The zero-order valence-corrected chi connectivity index (χ0v) is 16.2. The van der Waals surface area contributed by atoms with Gasteiger partial charge >= 0.3 is 0 Å². The van der Waals surface area contributed by atoms with Gasteiger partial charge in [-0.2, -0.15) is 0 Å². The van der Waals surface area contributed by atoms with Gasteiger partial charge in [-0.3, -0.25) is 0 Å². The Morgan fingerprint density at radius 3 is 2.22 bits per heavy atom. The molecule has 4 nitrogen and oxygen atoms in total. The number of rotatable bonds is 4. The molecule has 0 radical (unpaired) electrons. The van der Waals surface area contributed by atoms with Gasteiger partial charge in [-0.05, 0) is 18.8 Å². The fourth-order valence-electron chi connectivity index (χ4n) is 2.58. The zero-order chi connectivity index (χ0) is 12.5. The van der Waals surface area contributed by atoms with Crippen molar-refractivity contribution in [3.8, 4) is 0 Å². The van der Waals surface area contributed by atoms with Gasteiger partial charge in [0, 0.05) is 44.3 Å². The fourth-order valence-corrected chi connectivity index (χ4v) is 5.04. The summed E-state index contributed by atoms with van der Waals surface area (Å²) in [6.07, 6.45) is 1.32. The molecule has 2 aliphatic heterocycles. The van der Waals surface area contributed by atoms with Crippen molar-refractivity contribution >= 4 is 9.84 Å². The second kappa shape index (κ2) is 6.58. The summed E-state index contributed by atoms with van der Waals surface area (Å²) >= 11 is 0. The molecule has 0 aromatic carbocycles. The van der Waals surface area contributed by atoms with Crippen molar-refractivity contribution in [1.82, 2.24) is 0 Å². The van der Waals surface area contributed by atoms with E-state index in [4.69, 9.17) is 4.74 Å². The van der Waals surface area contributed by atoms with Crippen LogP contribution in [-0.4, -0.2) is 45.7 Å². The van der Waals surface area contributed by atoms with Gasteiger partial charge in [0.15, 0.2) is 9.84 Å². The van der Waals surface area contributed by atoms with Crippen LogP contribution in [0.15, 0.2) is 0 Å². The molecule has 0 N–H and O–H groups in total. The van der Waals surface area contributed by atoms with E-state index in [1.54, 1.807) is 0 Å². The molecule has 2 fully saturated rings. The van der Waals surface area contributed by atoms with E-state index in [1.165, 1.54) is 0 Å². The van der Waals surface area contributed by atoms with Gasteiger partial charge in [0.25, 0.3) is 0 Å². The number of nitrogens with zero attached hydrogens (tertiary/aromatic N) is 1. The molecular formula is C12H22NO3SU-. The SMILES string of the molecule is CC(C)C1(CS(=O)(=O)C2CCOCC2)C[N-]C1.[U]. The standard InChI is InChI=1S/C12H22NO3S.U/c1-10(2)12(7-13-8-12)9-17(14,15)11-3-5-16-6-4-11;/h10-11H,3-9H2,1-2H3;/q-1;. The van der Waals surface area contributed by atoms with Crippen molar-refractivity contribution in [2.75, 3.05) is 32.1 Å². The maximum Gasteiger partial charge on any atom is 0.153 e. The first-order chi connectivity index (χ1) is 7.96. The Hall–Kier alpha value is 0.922. The molecule has 0 amide bonds. The summed E-state index contributed by atoms with van der Waals surface area (Å²) in [6, 6.07) is 0. The van der Waals surface area contributed by atoms with Crippen molar-refractivity contribution in [1.29, 1.82) is 0 Å². The van der Waals surface area contributed by atoms with E-state index in [0.29, 0.717) is 50.8 Å². The van der Waals surface area contributed by atoms with Crippen molar-refractivity contribution in [3.63, 3.8) is 0 Å². The first-order valence-electron chi connectivity index (χ1n) is 6.39. The number of sulfone groups is 1. The van der Waals surface area contributed by atoms with E-state index in [0.717, 1.165) is 0 Å². The normalized spacial score (nSPS) is 24.4. The van der Waals surface area contributed by atoms with E-state index in [9.17, 15) is 8.42 Å². The molecule has 0 aliphatic carbocycles. The van der Waals surface area contributed by atoms with Crippen LogP contribution in [-0.2, 0) is 14.6 Å². The molecule has 0 aromatic rings. The predicted octanol–water partition coefficient (Wildman–Crippen LogP) is 1.61. The Kier molecular flexibility index (Phi) is 6.21. The summed E-state index contributed by atoms with van der Waals surface area (Å²) in [5.41, 5.74) is -0.0862. The van der Waals surface area contributed by atoms with Gasteiger partial charge in [0.1, 0.15) is 0 Å². The average molecular weight is 498 g/mol. The predicted molar refractivity (Wildman–Crippen MR) is 68.0 cm³/mol. The Bertz CT molecular complexity index is 360. The Morgan fingerprint density at radius 1 is 1.28 bits per heavy atom. The first-order valence-corrected chi connectivity index (χ1v) is 8.10. The third-order valence-corrected chi connectivity index (χ3v) is 6.71. The minimum absolute atomic E-state index is 0. The molecule has 0 spiro atoms. The minimum Gasteiger partial charge on any atom is -0.661 e. The summed E-state index contributed by atoms with van der Waals surface area (Å²) < 4.78 is 30.0. The third-order valence-electron chi connectivity index (χ3n) is 4.24.